The van der Waals surface area contributed by atoms with E-state index in [4.69, 9.17) is 11.6 Å². The Morgan fingerprint density at radius 3 is 2.64 bits per heavy atom. The molecular formula is C27H22ClFN6O2S2. The van der Waals surface area contributed by atoms with E-state index in [1.54, 1.807) is 4.57 Å². The smallest absolute Gasteiger partial charge is 0.256 e. The van der Waals surface area contributed by atoms with E-state index in [0.717, 1.165) is 27.0 Å². The van der Waals surface area contributed by atoms with Gasteiger partial charge in [0.2, 0.25) is 5.91 Å². The normalized spacial score (nSPS) is 11.1. The number of fused-ring (bicyclic) bond motifs is 1. The standard InChI is InChI=1S/C27H22ClFN6O2S2/c1-15-7-5-11-20(16(15)2)35-22(13-30-25(37)24-17(28)8-6-9-18(24)29)33-34-27(35)38-14-23(36)32-26-31-19-10-3-4-12-21(19)39-26/h3-12H,13-14H2,1-2H3,(H,30,37)(H,31,32,36). The van der Waals surface area contributed by atoms with Crippen LogP contribution >= 0.6 is 34.7 Å². The fourth-order valence-corrected chi connectivity index (χ4v) is 5.80. The summed E-state index contributed by atoms with van der Waals surface area (Å²) in [6, 6.07) is 17.5. The number of para-hydroxylation sites is 1. The Hall–Kier alpha value is -3.80. The van der Waals surface area contributed by atoms with Crippen molar-refractivity contribution >= 4 is 61.9 Å². The lowest BCUT2D eigenvalue weighted by molar-refractivity contribution is -0.113. The first-order chi connectivity index (χ1) is 18.8. The number of carbonyl (C=O) groups is 2. The zero-order valence-corrected chi connectivity index (χ0v) is 23.3. The first kappa shape index (κ1) is 26.8. The largest absolute Gasteiger partial charge is 0.345 e. The summed E-state index contributed by atoms with van der Waals surface area (Å²) >= 11 is 8.66. The summed E-state index contributed by atoms with van der Waals surface area (Å²) in [4.78, 5) is 29.9. The van der Waals surface area contributed by atoms with Gasteiger partial charge in [-0.1, -0.05) is 65.0 Å². The maximum atomic E-state index is 14.2. The predicted molar refractivity (Wildman–Crippen MR) is 152 cm³/mol. The van der Waals surface area contributed by atoms with E-state index in [-0.39, 0.29) is 28.8 Å². The molecule has 8 nitrogen and oxygen atoms in total. The molecule has 198 valence electrons. The van der Waals surface area contributed by atoms with Crippen molar-refractivity contribution in [2.24, 2.45) is 0 Å². The molecule has 2 aromatic heterocycles. The molecular weight excluding hydrogens is 559 g/mol. The van der Waals surface area contributed by atoms with Crippen LogP contribution in [0.5, 0.6) is 0 Å². The van der Waals surface area contributed by atoms with E-state index in [1.807, 2.05) is 56.3 Å². The number of aromatic nitrogens is 4. The van der Waals surface area contributed by atoms with E-state index in [9.17, 15) is 14.0 Å². The van der Waals surface area contributed by atoms with Gasteiger partial charge in [-0.2, -0.15) is 0 Å². The number of rotatable bonds is 8. The minimum absolute atomic E-state index is 0.0129. The van der Waals surface area contributed by atoms with Crippen LogP contribution in [0.1, 0.15) is 27.3 Å². The maximum absolute atomic E-state index is 14.2. The number of thiazole rings is 1. The van der Waals surface area contributed by atoms with Gasteiger partial charge >= 0.3 is 0 Å². The van der Waals surface area contributed by atoms with Gasteiger partial charge in [-0.15, -0.1) is 10.2 Å². The van der Waals surface area contributed by atoms with Gasteiger partial charge in [-0.3, -0.25) is 14.2 Å². The van der Waals surface area contributed by atoms with E-state index >= 15 is 0 Å². The van der Waals surface area contributed by atoms with Crippen LogP contribution in [-0.4, -0.2) is 37.3 Å². The molecule has 0 saturated carbocycles. The number of benzene rings is 3. The third-order valence-corrected chi connectivity index (χ3v) is 8.18. The maximum Gasteiger partial charge on any atom is 0.256 e. The van der Waals surface area contributed by atoms with Crippen LogP contribution in [0.2, 0.25) is 5.02 Å². The highest BCUT2D eigenvalue weighted by Crippen LogP contribution is 2.28. The number of aryl methyl sites for hydroxylation is 1. The zero-order chi connectivity index (χ0) is 27.5. The fraction of sp³-hybridized carbons (Fsp3) is 0.148. The van der Waals surface area contributed by atoms with Crippen LogP contribution in [0.25, 0.3) is 15.9 Å². The molecule has 0 saturated heterocycles. The molecule has 2 heterocycles. The van der Waals surface area contributed by atoms with Gasteiger partial charge in [-0.25, -0.2) is 9.37 Å². The third kappa shape index (κ3) is 5.80. The number of hydrogen-bond acceptors (Lipinski definition) is 7. The van der Waals surface area contributed by atoms with E-state index in [2.05, 4.69) is 25.8 Å². The molecule has 0 fully saturated rings. The van der Waals surface area contributed by atoms with Gasteiger partial charge in [0.25, 0.3) is 5.91 Å². The second-order valence-electron chi connectivity index (χ2n) is 8.56. The quantitative estimate of drug-likeness (QED) is 0.220. The molecule has 0 bridgehead atoms. The van der Waals surface area contributed by atoms with Crippen molar-refractivity contribution in [3.05, 3.63) is 94.0 Å². The van der Waals surface area contributed by atoms with Gasteiger partial charge in [0.15, 0.2) is 16.1 Å². The van der Waals surface area contributed by atoms with Gasteiger partial charge in [0.1, 0.15) is 5.82 Å². The molecule has 0 aliphatic heterocycles. The molecule has 5 rings (SSSR count). The van der Waals surface area contributed by atoms with Crippen LogP contribution in [-0.2, 0) is 11.3 Å². The minimum Gasteiger partial charge on any atom is -0.345 e. The van der Waals surface area contributed by atoms with Crippen molar-refractivity contribution in [2.45, 2.75) is 25.5 Å². The summed E-state index contributed by atoms with van der Waals surface area (Å²) in [5.74, 6) is -1.14. The van der Waals surface area contributed by atoms with Crippen LogP contribution in [0.4, 0.5) is 9.52 Å². The summed E-state index contributed by atoms with van der Waals surface area (Å²) in [5, 5.41) is 15.1. The number of thioether (sulfide) groups is 1. The molecule has 39 heavy (non-hydrogen) atoms. The lowest BCUT2D eigenvalue weighted by atomic mass is 10.1. The molecule has 0 spiro atoms. The lowest BCUT2D eigenvalue weighted by Gasteiger charge is -2.15. The minimum atomic E-state index is -0.716. The molecule has 0 aliphatic rings. The van der Waals surface area contributed by atoms with Crippen LogP contribution in [0.15, 0.2) is 65.8 Å². The summed E-state index contributed by atoms with van der Waals surface area (Å²) in [7, 11) is 0. The van der Waals surface area contributed by atoms with Crippen LogP contribution < -0.4 is 10.6 Å². The van der Waals surface area contributed by atoms with Crippen molar-refractivity contribution in [3.63, 3.8) is 0 Å². The molecule has 0 unspecified atom stereocenters. The Morgan fingerprint density at radius 2 is 1.85 bits per heavy atom. The predicted octanol–water partition coefficient (Wildman–Crippen LogP) is 5.95. The summed E-state index contributed by atoms with van der Waals surface area (Å²) in [6.07, 6.45) is 0. The van der Waals surface area contributed by atoms with Crippen molar-refractivity contribution < 1.29 is 14.0 Å². The van der Waals surface area contributed by atoms with Gasteiger partial charge in [-0.05, 0) is 55.3 Å². The monoisotopic (exact) mass is 580 g/mol. The van der Waals surface area contributed by atoms with Crippen LogP contribution in [0, 0.1) is 19.7 Å². The number of anilines is 1. The number of amides is 2. The zero-order valence-electron chi connectivity index (χ0n) is 20.9. The lowest BCUT2D eigenvalue weighted by Crippen LogP contribution is -2.26. The van der Waals surface area contributed by atoms with E-state index < -0.39 is 11.7 Å². The molecule has 0 radical (unpaired) electrons. The van der Waals surface area contributed by atoms with Gasteiger partial charge in [0.05, 0.1) is 38.8 Å². The number of hydrogen-bond donors (Lipinski definition) is 2. The second-order valence-corrected chi connectivity index (χ2v) is 10.9. The van der Waals surface area contributed by atoms with Crippen molar-refractivity contribution in [1.29, 1.82) is 0 Å². The molecule has 12 heteroatoms. The highest BCUT2D eigenvalue weighted by molar-refractivity contribution is 7.99. The fourth-order valence-electron chi connectivity index (χ4n) is 3.90. The molecule has 3 aromatic carbocycles. The number of nitrogens with one attached hydrogen (secondary N) is 2. The van der Waals surface area contributed by atoms with E-state index in [0.29, 0.717) is 16.1 Å². The average Bonchev–Trinajstić information content (AvgIpc) is 3.51. The Labute approximate surface area is 236 Å². The highest BCUT2D eigenvalue weighted by atomic mass is 35.5. The van der Waals surface area contributed by atoms with Crippen molar-refractivity contribution in [1.82, 2.24) is 25.1 Å². The molecule has 2 amide bonds. The van der Waals surface area contributed by atoms with Crippen LogP contribution in [0.3, 0.4) is 0 Å². The van der Waals surface area contributed by atoms with Crippen molar-refractivity contribution in [3.8, 4) is 5.69 Å². The Kier molecular flexibility index (Phi) is 7.92. The number of nitrogens with zero attached hydrogens (tertiary/aromatic N) is 4. The Bertz CT molecular complexity index is 1650. The molecule has 2 N–H and O–H groups in total. The third-order valence-electron chi connectivity index (χ3n) is 5.99. The Morgan fingerprint density at radius 1 is 1.05 bits per heavy atom. The SMILES string of the molecule is Cc1cccc(-n2c(CNC(=O)c3c(F)cccc3Cl)nnc2SCC(=O)Nc2nc3ccccc3s2)c1C. The summed E-state index contributed by atoms with van der Waals surface area (Å²) in [5.41, 5.74) is 3.44. The van der Waals surface area contributed by atoms with Gasteiger partial charge in [0, 0.05) is 0 Å². The topological polar surface area (TPSA) is 102 Å². The number of halogens is 2. The molecule has 0 atom stereocenters. The second kappa shape index (κ2) is 11.5. The van der Waals surface area contributed by atoms with Crippen molar-refractivity contribution in [2.75, 3.05) is 11.1 Å². The number of carbonyl (C=O) groups excluding carboxylic acids is 2. The highest BCUT2D eigenvalue weighted by Gasteiger charge is 2.21. The van der Waals surface area contributed by atoms with Gasteiger partial charge < -0.3 is 10.6 Å². The summed E-state index contributed by atoms with van der Waals surface area (Å²) in [6.45, 7) is 3.92. The average molecular weight is 581 g/mol. The first-order valence-corrected chi connectivity index (χ1v) is 14.0. The summed E-state index contributed by atoms with van der Waals surface area (Å²) < 4.78 is 17.0. The molecule has 5 aromatic rings. The first-order valence-electron chi connectivity index (χ1n) is 11.8. The van der Waals surface area contributed by atoms with E-state index in [1.165, 1.54) is 41.3 Å². The Balaban J connectivity index is 1.36. The molecule has 0 aliphatic carbocycles.